The highest BCUT2D eigenvalue weighted by molar-refractivity contribution is 5.63. The lowest BCUT2D eigenvalue weighted by atomic mass is 9.32. The minimum atomic E-state index is -0.450. The third-order valence-corrected chi connectivity index (χ3v) is 11.7. The minimum Gasteiger partial charge on any atom is -0.504 e. The Morgan fingerprint density at radius 2 is 1.92 bits per heavy atom. The van der Waals surface area contributed by atoms with Gasteiger partial charge in [0.1, 0.15) is 11.7 Å². The lowest BCUT2D eigenvalue weighted by Crippen LogP contribution is -2.83. The normalized spacial score (nSPS) is 40.9. The van der Waals surface area contributed by atoms with Gasteiger partial charge in [-0.1, -0.05) is 43.3 Å². The highest BCUT2D eigenvalue weighted by atomic mass is 16.6. The lowest BCUT2D eigenvalue weighted by Gasteiger charge is -2.76. The van der Waals surface area contributed by atoms with Crippen molar-refractivity contribution >= 4 is 0 Å². The summed E-state index contributed by atoms with van der Waals surface area (Å²) < 4.78 is 20.2. The zero-order chi connectivity index (χ0) is 25.0. The number of likely N-dealkylation sites (tertiary alicyclic amines) is 1. The summed E-state index contributed by atoms with van der Waals surface area (Å²) in [6, 6.07) is 15.0. The topological polar surface area (TPSA) is 51.2 Å². The van der Waals surface area contributed by atoms with Crippen LogP contribution in [0, 0.1) is 16.7 Å². The molecule has 9 rings (SSSR count). The summed E-state index contributed by atoms with van der Waals surface area (Å²) >= 11 is 0. The number of rotatable bonds is 7. The first kappa shape index (κ1) is 22.9. The molecule has 5 heteroatoms. The summed E-state index contributed by atoms with van der Waals surface area (Å²) in [4.78, 5) is 2.87. The monoisotopic (exact) mass is 501 g/mol. The van der Waals surface area contributed by atoms with Crippen LogP contribution >= 0.6 is 0 Å². The summed E-state index contributed by atoms with van der Waals surface area (Å²) in [7, 11) is 1.89. The van der Waals surface area contributed by atoms with Crippen molar-refractivity contribution in [3.05, 3.63) is 59.2 Å². The molecule has 37 heavy (non-hydrogen) atoms. The molecule has 0 radical (unpaired) electrons. The van der Waals surface area contributed by atoms with Gasteiger partial charge in [-0.05, 0) is 74.6 Å². The highest BCUT2D eigenvalue weighted by Crippen LogP contribution is 2.79. The van der Waals surface area contributed by atoms with Gasteiger partial charge in [-0.15, -0.1) is 0 Å². The Kier molecular flexibility index (Phi) is 4.65. The molecule has 0 amide bonds. The van der Waals surface area contributed by atoms with E-state index < -0.39 is 5.60 Å². The SMILES string of the molecule is CO[C@]12CC[C@@]3(C[C@]1(C)COCc1ccccc1)[C@H]1Cc4ccc(O)c5c4[C@@]3(CCN1CC1CC1)C2O5. The van der Waals surface area contributed by atoms with E-state index >= 15 is 0 Å². The van der Waals surface area contributed by atoms with Crippen LogP contribution in [0.25, 0.3) is 0 Å². The highest BCUT2D eigenvalue weighted by Gasteiger charge is 2.83. The van der Waals surface area contributed by atoms with Crippen molar-refractivity contribution in [1.29, 1.82) is 0 Å². The number of phenolic OH excluding ortho intramolecular Hbond substituents is 1. The lowest BCUT2D eigenvalue weighted by molar-refractivity contribution is -0.314. The van der Waals surface area contributed by atoms with Crippen LogP contribution in [0.1, 0.15) is 62.1 Å². The summed E-state index contributed by atoms with van der Waals surface area (Å²) in [5.41, 5.74) is 3.32. The second kappa shape index (κ2) is 7.52. The fraction of sp³-hybridized carbons (Fsp3) is 0.625. The second-order valence-electron chi connectivity index (χ2n) is 13.3. The molecule has 6 atom stereocenters. The van der Waals surface area contributed by atoms with Crippen LogP contribution in [0.5, 0.6) is 11.5 Å². The first-order valence-electron chi connectivity index (χ1n) is 14.4. The number of piperidine rings is 1. The second-order valence-corrected chi connectivity index (χ2v) is 13.3. The molecule has 4 saturated carbocycles. The Morgan fingerprint density at radius 1 is 1.08 bits per heavy atom. The average Bonchev–Trinajstić information content (AvgIpc) is 3.64. The number of fused-ring (bicyclic) bond motifs is 2. The van der Waals surface area contributed by atoms with Crippen LogP contribution in [0.2, 0.25) is 0 Å². The molecule has 2 aliphatic heterocycles. The van der Waals surface area contributed by atoms with Crippen molar-refractivity contribution in [1.82, 2.24) is 4.90 Å². The van der Waals surface area contributed by atoms with Crippen LogP contribution in [0.15, 0.2) is 42.5 Å². The van der Waals surface area contributed by atoms with E-state index in [0.29, 0.717) is 25.0 Å². The van der Waals surface area contributed by atoms with Crippen molar-refractivity contribution in [2.75, 3.05) is 26.8 Å². The quantitative estimate of drug-likeness (QED) is 0.564. The molecule has 1 saturated heterocycles. The van der Waals surface area contributed by atoms with E-state index in [1.54, 1.807) is 0 Å². The molecule has 196 valence electrons. The summed E-state index contributed by atoms with van der Waals surface area (Å²) in [5.74, 6) is 1.92. The maximum absolute atomic E-state index is 11.0. The third kappa shape index (κ3) is 2.71. The van der Waals surface area contributed by atoms with E-state index in [4.69, 9.17) is 14.2 Å². The van der Waals surface area contributed by atoms with E-state index in [1.165, 1.54) is 36.1 Å². The van der Waals surface area contributed by atoms with Gasteiger partial charge in [0.25, 0.3) is 0 Å². The van der Waals surface area contributed by atoms with Gasteiger partial charge in [-0.25, -0.2) is 0 Å². The Bertz CT molecular complexity index is 1240. The van der Waals surface area contributed by atoms with Crippen molar-refractivity contribution in [2.24, 2.45) is 16.7 Å². The zero-order valence-electron chi connectivity index (χ0n) is 22.2. The maximum Gasteiger partial charge on any atom is 0.165 e. The smallest absolute Gasteiger partial charge is 0.165 e. The first-order valence-corrected chi connectivity index (χ1v) is 14.4. The van der Waals surface area contributed by atoms with Crippen LogP contribution < -0.4 is 4.74 Å². The summed E-state index contributed by atoms with van der Waals surface area (Å²) in [5, 5.41) is 11.0. The van der Waals surface area contributed by atoms with Crippen LogP contribution in [0.4, 0.5) is 0 Å². The van der Waals surface area contributed by atoms with Gasteiger partial charge in [0.2, 0.25) is 0 Å². The third-order valence-electron chi connectivity index (χ3n) is 11.7. The van der Waals surface area contributed by atoms with Crippen molar-refractivity contribution < 1.29 is 19.3 Å². The molecule has 1 N–H and O–H groups in total. The number of phenols is 1. The number of nitrogens with zero attached hydrogens (tertiary/aromatic N) is 1. The molecular weight excluding hydrogens is 462 g/mol. The molecule has 5 nitrogen and oxygen atoms in total. The maximum atomic E-state index is 11.0. The molecule has 4 bridgehead atoms. The van der Waals surface area contributed by atoms with E-state index in [9.17, 15) is 5.11 Å². The van der Waals surface area contributed by atoms with Crippen LogP contribution in [-0.2, 0) is 27.9 Å². The molecule has 2 heterocycles. The van der Waals surface area contributed by atoms with Crippen molar-refractivity contribution in [3.8, 4) is 11.5 Å². The number of benzene rings is 2. The summed E-state index contributed by atoms with van der Waals surface area (Å²) in [6.07, 6.45) is 8.08. The van der Waals surface area contributed by atoms with Gasteiger partial charge in [0.15, 0.2) is 11.5 Å². The molecule has 2 aromatic carbocycles. The first-order chi connectivity index (χ1) is 18.0. The van der Waals surface area contributed by atoms with Gasteiger partial charge in [0, 0.05) is 41.5 Å². The Labute approximate surface area is 220 Å². The predicted molar refractivity (Wildman–Crippen MR) is 141 cm³/mol. The fourth-order valence-electron chi connectivity index (χ4n) is 10.1. The molecule has 1 unspecified atom stereocenters. The van der Waals surface area contributed by atoms with Gasteiger partial charge >= 0.3 is 0 Å². The number of hydrogen-bond acceptors (Lipinski definition) is 5. The van der Waals surface area contributed by atoms with E-state index in [-0.39, 0.29) is 22.3 Å². The molecule has 0 aromatic heterocycles. The number of hydrogen-bond donors (Lipinski definition) is 1. The minimum absolute atomic E-state index is 0.0907. The van der Waals surface area contributed by atoms with E-state index in [2.05, 4.69) is 48.2 Å². The largest absolute Gasteiger partial charge is 0.504 e. The average molecular weight is 502 g/mol. The predicted octanol–water partition coefficient (Wildman–Crippen LogP) is 5.22. The number of methoxy groups -OCH3 is 1. The molecule has 2 spiro atoms. The Hall–Kier alpha value is -2.08. The summed E-state index contributed by atoms with van der Waals surface area (Å²) in [6.45, 7) is 6.03. The van der Waals surface area contributed by atoms with Gasteiger partial charge < -0.3 is 19.3 Å². The van der Waals surface area contributed by atoms with Crippen LogP contribution in [0.3, 0.4) is 0 Å². The molecule has 5 aliphatic carbocycles. The van der Waals surface area contributed by atoms with Crippen LogP contribution in [-0.4, -0.2) is 54.6 Å². The van der Waals surface area contributed by atoms with E-state index in [1.807, 2.05) is 13.2 Å². The molecule has 5 fully saturated rings. The molecular formula is C32H39NO4. The van der Waals surface area contributed by atoms with Gasteiger partial charge in [-0.2, -0.15) is 0 Å². The number of aromatic hydroxyl groups is 1. The number of ether oxygens (including phenoxy) is 3. The fourth-order valence-corrected chi connectivity index (χ4v) is 10.1. The molecule has 2 aromatic rings. The Balaban J connectivity index is 1.25. The Morgan fingerprint density at radius 3 is 2.70 bits per heavy atom. The van der Waals surface area contributed by atoms with Gasteiger partial charge in [0.05, 0.1) is 13.2 Å². The zero-order valence-corrected chi connectivity index (χ0v) is 22.2. The molecule has 7 aliphatic rings. The van der Waals surface area contributed by atoms with Gasteiger partial charge in [-0.3, -0.25) is 4.90 Å². The standard InChI is InChI=1S/C32H39NO4/c1-29(20-36-18-22-6-4-3-5-7-22)19-30-12-13-32(29,35-2)28-31(30)14-15-33(17-21-8-9-21)25(30)16-23-10-11-24(34)27(37-28)26(23)31/h3-7,10-11,21,25,28,34H,8-9,12-20H2,1-2H3/t25-,28?,29-,30-,31+,32+/m1/s1. The van der Waals surface area contributed by atoms with Crippen molar-refractivity contribution in [2.45, 2.75) is 81.6 Å². The van der Waals surface area contributed by atoms with E-state index in [0.717, 1.165) is 50.3 Å². The van der Waals surface area contributed by atoms with Crippen molar-refractivity contribution in [3.63, 3.8) is 0 Å².